The molecule has 0 aliphatic heterocycles. The van der Waals surface area contributed by atoms with E-state index in [1.165, 1.54) is 0 Å². The van der Waals surface area contributed by atoms with E-state index < -0.39 is 0 Å². The smallest absolute Gasteiger partial charge is 0.211 e. The molecule has 0 spiro atoms. The van der Waals surface area contributed by atoms with Gasteiger partial charge in [0.2, 0.25) is 6.41 Å². The Bertz CT molecular complexity index is 564. The van der Waals surface area contributed by atoms with E-state index in [9.17, 15) is 9.90 Å². The standard InChI is InChI=1S/C12H10N2O2/c1-8(14-7-15)10-4-5-13-12-6-9(16)2-3-11(10)12/h2-7,16H,1H2,(H,14,15). The van der Waals surface area contributed by atoms with Gasteiger partial charge in [0.15, 0.2) is 0 Å². The van der Waals surface area contributed by atoms with Crippen LogP contribution in [0.15, 0.2) is 37.0 Å². The number of amides is 1. The van der Waals surface area contributed by atoms with Gasteiger partial charge in [0, 0.05) is 28.9 Å². The summed E-state index contributed by atoms with van der Waals surface area (Å²) < 4.78 is 0. The van der Waals surface area contributed by atoms with E-state index in [0.717, 1.165) is 10.9 Å². The normalized spacial score (nSPS) is 10.0. The summed E-state index contributed by atoms with van der Waals surface area (Å²) >= 11 is 0. The molecule has 2 aromatic rings. The van der Waals surface area contributed by atoms with E-state index in [0.29, 0.717) is 17.6 Å². The number of hydrogen-bond acceptors (Lipinski definition) is 3. The fourth-order valence-corrected chi connectivity index (χ4v) is 1.55. The summed E-state index contributed by atoms with van der Waals surface area (Å²) in [5, 5.41) is 12.7. The third-order valence-corrected chi connectivity index (χ3v) is 2.28. The summed E-state index contributed by atoms with van der Waals surface area (Å²) in [6.07, 6.45) is 2.18. The van der Waals surface area contributed by atoms with Crippen LogP contribution in [0.5, 0.6) is 5.75 Å². The van der Waals surface area contributed by atoms with E-state index in [1.54, 1.807) is 30.5 Å². The van der Waals surface area contributed by atoms with Gasteiger partial charge < -0.3 is 10.4 Å². The quantitative estimate of drug-likeness (QED) is 0.764. The predicted octanol–water partition coefficient (Wildman–Crippen LogP) is 1.66. The number of phenolic OH excluding ortho intramolecular Hbond substituents is 1. The maximum absolute atomic E-state index is 10.4. The highest BCUT2D eigenvalue weighted by molar-refractivity contribution is 5.92. The third kappa shape index (κ3) is 1.72. The maximum atomic E-state index is 10.4. The first-order valence-electron chi connectivity index (χ1n) is 4.69. The molecule has 0 bridgehead atoms. The molecule has 2 N–H and O–H groups in total. The Labute approximate surface area is 92.2 Å². The van der Waals surface area contributed by atoms with E-state index in [1.807, 2.05) is 0 Å². The molecule has 0 radical (unpaired) electrons. The SMILES string of the molecule is C=C(NC=O)c1ccnc2cc(O)ccc12. The zero-order chi connectivity index (χ0) is 11.5. The van der Waals surface area contributed by atoms with Crippen molar-refractivity contribution in [3.8, 4) is 5.75 Å². The van der Waals surface area contributed by atoms with E-state index in [4.69, 9.17) is 0 Å². The number of carbonyl (C=O) groups excluding carboxylic acids is 1. The van der Waals surface area contributed by atoms with Crippen LogP contribution >= 0.6 is 0 Å². The maximum Gasteiger partial charge on any atom is 0.211 e. The van der Waals surface area contributed by atoms with Crippen LogP contribution in [-0.2, 0) is 4.79 Å². The first-order valence-corrected chi connectivity index (χ1v) is 4.69. The lowest BCUT2D eigenvalue weighted by Crippen LogP contribution is -2.08. The van der Waals surface area contributed by atoms with Crippen LogP contribution in [0, 0.1) is 0 Å². The lowest BCUT2D eigenvalue weighted by molar-refractivity contribution is -0.108. The van der Waals surface area contributed by atoms with Crippen LogP contribution in [0.4, 0.5) is 0 Å². The molecule has 80 valence electrons. The molecule has 1 amide bonds. The van der Waals surface area contributed by atoms with Crippen LogP contribution in [0.2, 0.25) is 0 Å². The average molecular weight is 214 g/mol. The van der Waals surface area contributed by atoms with Crippen LogP contribution in [0.3, 0.4) is 0 Å². The van der Waals surface area contributed by atoms with Crippen molar-refractivity contribution in [2.24, 2.45) is 0 Å². The molecule has 1 aromatic carbocycles. The number of aromatic hydroxyl groups is 1. The molecule has 0 fully saturated rings. The number of nitrogens with zero attached hydrogens (tertiary/aromatic N) is 1. The van der Waals surface area contributed by atoms with Crippen molar-refractivity contribution in [1.82, 2.24) is 10.3 Å². The minimum absolute atomic E-state index is 0.158. The third-order valence-electron chi connectivity index (χ3n) is 2.28. The molecule has 0 saturated carbocycles. The van der Waals surface area contributed by atoms with Crippen LogP contribution < -0.4 is 5.32 Å². The van der Waals surface area contributed by atoms with Gasteiger partial charge in [-0.1, -0.05) is 6.58 Å². The number of rotatable bonds is 3. The largest absolute Gasteiger partial charge is 0.508 e. The Balaban J connectivity index is 2.62. The minimum Gasteiger partial charge on any atom is -0.508 e. The molecule has 4 heteroatoms. The summed E-state index contributed by atoms with van der Waals surface area (Å²) in [4.78, 5) is 14.5. The average Bonchev–Trinajstić information content (AvgIpc) is 2.28. The minimum atomic E-state index is 0.158. The molecule has 2 rings (SSSR count). The van der Waals surface area contributed by atoms with Crippen molar-refractivity contribution >= 4 is 23.0 Å². The van der Waals surface area contributed by atoms with Gasteiger partial charge in [0.1, 0.15) is 5.75 Å². The first-order chi connectivity index (χ1) is 7.72. The molecule has 0 aliphatic carbocycles. The molecule has 1 heterocycles. The van der Waals surface area contributed by atoms with Crippen LogP contribution in [0.1, 0.15) is 5.56 Å². The topological polar surface area (TPSA) is 62.2 Å². The molecule has 0 unspecified atom stereocenters. The number of aromatic nitrogens is 1. The van der Waals surface area contributed by atoms with E-state index >= 15 is 0 Å². The van der Waals surface area contributed by atoms with Crippen molar-refractivity contribution in [3.05, 3.63) is 42.6 Å². The van der Waals surface area contributed by atoms with Gasteiger partial charge in [-0.25, -0.2) is 0 Å². The highest BCUT2D eigenvalue weighted by Crippen LogP contribution is 2.24. The highest BCUT2D eigenvalue weighted by atomic mass is 16.3. The van der Waals surface area contributed by atoms with Gasteiger partial charge in [-0.15, -0.1) is 0 Å². The van der Waals surface area contributed by atoms with Crippen molar-refractivity contribution in [2.75, 3.05) is 0 Å². The molecule has 0 atom stereocenters. The van der Waals surface area contributed by atoms with Crippen molar-refractivity contribution < 1.29 is 9.90 Å². The van der Waals surface area contributed by atoms with E-state index in [-0.39, 0.29) is 5.75 Å². The summed E-state index contributed by atoms with van der Waals surface area (Å²) in [6.45, 7) is 3.75. The number of fused-ring (bicyclic) bond motifs is 1. The van der Waals surface area contributed by atoms with Gasteiger partial charge in [-0.3, -0.25) is 9.78 Å². The fraction of sp³-hybridized carbons (Fsp3) is 0. The van der Waals surface area contributed by atoms with Gasteiger partial charge in [-0.05, 0) is 18.2 Å². The molecule has 16 heavy (non-hydrogen) atoms. The van der Waals surface area contributed by atoms with Gasteiger partial charge >= 0.3 is 0 Å². The zero-order valence-electron chi connectivity index (χ0n) is 8.47. The Morgan fingerprint density at radius 1 is 1.44 bits per heavy atom. The fourth-order valence-electron chi connectivity index (χ4n) is 1.55. The Kier molecular flexibility index (Phi) is 2.55. The molecule has 0 saturated heterocycles. The number of nitrogens with one attached hydrogen (secondary N) is 1. The van der Waals surface area contributed by atoms with Gasteiger partial charge in [0.25, 0.3) is 0 Å². The van der Waals surface area contributed by atoms with Crippen molar-refractivity contribution in [2.45, 2.75) is 0 Å². The Hall–Kier alpha value is -2.36. The number of phenols is 1. The number of pyridine rings is 1. The molecule has 0 aliphatic rings. The second kappa shape index (κ2) is 4.02. The monoisotopic (exact) mass is 214 g/mol. The zero-order valence-corrected chi connectivity index (χ0v) is 8.47. The molecule has 4 nitrogen and oxygen atoms in total. The highest BCUT2D eigenvalue weighted by Gasteiger charge is 2.05. The van der Waals surface area contributed by atoms with Crippen molar-refractivity contribution in [1.29, 1.82) is 0 Å². The van der Waals surface area contributed by atoms with E-state index in [2.05, 4.69) is 16.9 Å². The molecule has 1 aromatic heterocycles. The second-order valence-electron chi connectivity index (χ2n) is 3.30. The Morgan fingerprint density at radius 2 is 2.25 bits per heavy atom. The summed E-state index contributed by atoms with van der Waals surface area (Å²) in [7, 11) is 0. The molecular weight excluding hydrogens is 204 g/mol. The van der Waals surface area contributed by atoms with Gasteiger partial charge in [-0.2, -0.15) is 0 Å². The summed E-state index contributed by atoms with van der Waals surface area (Å²) in [5.74, 6) is 0.158. The number of hydrogen-bond donors (Lipinski definition) is 2. The lowest BCUT2D eigenvalue weighted by Gasteiger charge is -2.07. The van der Waals surface area contributed by atoms with Crippen molar-refractivity contribution in [3.63, 3.8) is 0 Å². The lowest BCUT2D eigenvalue weighted by atomic mass is 10.1. The van der Waals surface area contributed by atoms with Crippen LogP contribution in [0.25, 0.3) is 16.6 Å². The van der Waals surface area contributed by atoms with Gasteiger partial charge in [0.05, 0.1) is 5.52 Å². The summed E-state index contributed by atoms with van der Waals surface area (Å²) in [6, 6.07) is 6.64. The summed E-state index contributed by atoms with van der Waals surface area (Å²) in [5.41, 5.74) is 1.96. The first kappa shape index (κ1) is 10.2. The number of benzene rings is 1. The predicted molar refractivity (Wildman–Crippen MR) is 61.6 cm³/mol. The Morgan fingerprint density at radius 3 is 3.00 bits per heavy atom. The molecular formula is C12H10N2O2. The van der Waals surface area contributed by atoms with Crippen LogP contribution in [-0.4, -0.2) is 16.5 Å². The second-order valence-corrected chi connectivity index (χ2v) is 3.30. The number of carbonyl (C=O) groups is 1.